The SMILES string of the molecule is Clc1nccc(Cc2ccccc2)n1. The van der Waals surface area contributed by atoms with Gasteiger partial charge < -0.3 is 0 Å². The monoisotopic (exact) mass is 204 g/mol. The molecule has 14 heavy (non-hydrogen) atoms. The molecule has 0 aliphatic heterocycles. The van der Waals surface area contributed by atoms with Crippen molar-refractivity contribution in [3.8, 4) is 0 Å². The number of hydrogen-bond acceptors (Lipinski definition) is 2. The molecule has 2 aromatic rings. The second-order valence-electron chi connectivity index (χ2n) is 2.98. The zero-order chi connectivity index (χ0) is 9.80. The van der Waals surface area contributed by atoms with Crippen molar-refractivity contribution in [3.63, 3.8) is 0 Å². The fraction of sp³-hybridized carbons (Fsp3) is 0.0909. The third-order valence-electron chi connectivity index (χ3n) is 1.91. The number of rotatable bonds is 2. The maximum Gasteiger partial charge on any atom is 0.222 e. The molecule has 0 amide bonds. The Labute approximate surface area is 87.6 Å². The highest BCUT2D eigenvalue weighted by Crippen LogP contribution is 2.08. The molecule has 0 saturated heterocycles. The van der Waals surface area contributed by atoms with Crippen molar-refractivity contribution < 1.29 is 0 Å². The zero-order valence-corrected chi connectivity index (χ0v) is 8.28. The summed E-state index contributed by atoms with van der Waals surface area (Å²) in [4.78, 5) is 7.96. The molecule has 0 radical (unpaired) electrons. The second kappa shape index (κ2) is 4.20. The van der Waals surface area contributed by atoms with Crippen molar-refractivity contribution in [2.24, 2.45) is 0 Å². The van der Waals surface area contributed by atoms with E-state index in [0.29, 0.717) is 5.28 Å². The standard InChI is InChI=1S/C11H9ClN2/c12-11-13-7-6-10(14-11)8-9-4-2-1-3-5-9/h1-7H,8H2. The Morgan fingerprint density at radius 1 is 1.07 bits per heavy atom. The van der Waals surface area contributed by atoms with Gasteiger partial charge in [-0.3, -0.25) is 0 Å². The van der Waals surface area contributed by atoms with Gasteiger partial charge in [-0.25, -0.2) is 9.97 Å². The predicted octanol–water partition coefficient (Wildman–Crippen LogP) is 2.72. The Kier molecular flexibility index (Phi) is 2.75. The molecule has 2 rings (SSSR count). The van der Waals surface area contributed by atoms with E-state index in [1.807, 2.05) is 24.3 Å². The molecular weight excluding hydrogens is 196 g/mol. The molecule has 70 valence electrons. The molecule has 0 fully saturated rings. The van der Waals surface area contributed by atoms with Crippen LogP contribution in [0, 0.1) is 0 Å². The van der Waals surface area contributed by atoms with E-state index in [2.05, 4.69) is 22.1 Å². The third-order valence-corrected chi connectivity index (χ3v) is 2.09. The van der Waals surface area contributed by atoms with Gasteiger partial charge in [-0.1, -0.05) is 30.3 Å². The van der Waals surface area contributed by atoms with Crippen LogP contribution in [0.5, 0.6) is 0 Å². The minimum atomic E-state index is 0.304. The summed E-state index contributed by atoms with van der Waals surface area (Å²) in [6, 6.07) is 12.0. The van der Waals surface area contributed by atoms with Crippen molar-refractivity contribution in [3.05, 3.63) is 59.1 Å². The lowest BCUT2D eigenvalue weighted by Gasteiger charge is -2.00. The Balaban J connectivity index is 2.19. The van der Waals surface area contributed by atoms with Gasteiger partial charge >= 0.3 is 0 Å². The minimum absolute atomic E-state index is 0.304. The first kappa shape index (κ1) is 9.16. The molecule has 0 atom stereocenters. The van der Waals surface area contributed by atoms with Crippen LogP contribution in [0.2, 0.25) is 5.28 Å². The van der Waals surface area contributed by atoms with Crippen LogP contribution in [0.1, 0.15) is 11.3 Å². The van der Waals surface area contributed by atoms with E-state index in [4.69, 9.17) is 11.6 Å². The zero-order valence-electron chi connectivity index (χ0n) is 7.52. The molecule has 3 heteroatoms. The number of nitrogens with zero attached hydrogens (tertiary/aromatic N) is 2. The summed E-state index contributed by atoms with van der Waals surface area (Å²) < 4.78 is 0. The molecule has 1 heterocycles. The van der Waals surface area contributed by atoms with E-state index < -0.39 is 0 Å². The van der Waals surface area contributed by atoms with Crippen LogP contribution in [0.3, 0.4) is 0 Å². The quantitative estimate of drug-likeness (QED) is 0.703. The summed E-state index contributed by atoms with van der Waals surface area (Å²) in [5, 5.41) is 0.304. The fourth-order valence-corrected chi connectivity index (χ4v) is 1.44. The first-order valence-corrected chi connectivity index (χ1v) is 4.74. The lowest BCUT2D eigenvalue weighted by Crippen LogP contribution is -1.93. The summed E-state index contributed by atoms with van der Waals surface area (Å²) in [5.74, 6) is 0. The van der Waals surface area contributed by atoms with Gasteiger partial charge in [0.15, 0.2) is 0 Å². The third kappa shape index (κ3) is 2.30. The smallest absolute Gasteiger partial charge is 0.222 e. The number of aromatic nitrogens is 2. The van der Waals surface area contributed by atoms with E-state index >= 15 is 0 Å². The van der Waals surface area contributed by atoms with Crippen LogP contribution in [-0.4, -0.2) is 9.97 Å². The van der Waals surface area contributed by atoms with Crippen LogP contribution in [0.25, 0.3) is 0 Å². The molecule has 0 spiro atoms. The van der Waals surface area contributed by atoms with E-state index in [9.17, 15) is 0 Å². The second-order valence-corrected chi connectivity index (χ2v) is 3.32. The van der Waals surface area contributed by atoms with Crippen molar-refractivity contribution in [2.75, 3.05) is 0 Å². The van der Waals surface area contributed by atoms with Crippen LogP contribution < -0.4 is 0 Å². The average Bonchev–Trinajstić information content (AvgIpc) is 2.19. The minimum Gasteiger partial charge on any atom is -0.227 e. The maximum absolute atomic E-state index is 5.69. The normalized spacial score (nSPS) is 10.1. The summed E-state index contributed by atoms with van der Waals surface area (Å²) in [5.41, 5.74) is 2.17. The highest BCUT2D eigenvalue weighted by atomic mass is 35.5. The van der Waals surface area contributed by atoms with Gasteiger partial charge in [-0.05, 0) is 23.2 Å². The molecule has 1 aromatic carbocycles. The highest BCUT2D eigenvalue weighted by molar-refractivity contribution is 6.28. The Bertz CT molecular complexity index is 415. The van der Waals surface area contributed by atoms with Crippen LogP contribution in [-0.2, 0) is 6.42 Å². The summed E-state index contributed by atoms with van der Waals surface area (Å²) in [6.07, 6.45) is 2.47. The van der Waals surface area contributed by atoms with Gasteiger partial charge in [0.25, 0.3) is 0 Å². The fourth-order valence-electron chi connectivity index (χ4n) is 1.27. The molecular formula is C11H9ClN2. The van der Waals surface area contributed by atoms with E-state index in [-0.39, 0.29) is 0 Å². The predicted molar refractivity (Wildman–Crippen MR) is 56.3 cm³/mol. The summed E-state index contributed by atoms with van der Waals surface area (Å²) in [6.45, 7) is 0. The maximum atomic E-state index is 5.69. The largest absolute Gasteiger partial charge is 0.227 e. The van der Waals surface area contributed by atoms with E-state index in [1.165, 1.54) is 5.56 Å². The van der Waals surface area contributed by atoms with Crippen LogP contribution >= 0.6 is 11.6 Å². The Hall–Kier alpha value is -1.41. The number of benzene rings is 1. The summed E-state index contributed by atoms with van der Waals surface area (Å²) in [7, 11) is 0. The summed E-state index contributed by atoms with van der Waals surface area (Å²) >= 11 is 5.69. The van der Waals surface area contributed by atoms with Gasteiger partial charge in [-0.15, -0.1) is 0 Å². The van der Waals surface area contributed by atoms with Crippen molar-refractivity contribution in [1.82, 2.24) is 9.97 Å². The molecule has 0 saturated carbocycles. The lowest BCUT2D eigenvalue weighted by atomic mass is 10.1. The van der Waals surface area contributed by atoms with Gasteiger partial charge in [0.1, 0.15) is 0 Å². The van der Waals surface area contributed by atoms with Crippen molar-refractivity contribution in [2.45, 2.75) is 6.42 Å². The molecule has 0 aliphatic carbocycles. The molecule has 0 N–H and O–H groups in total. The first-order chi connectivity index (χ1) is 6.84. The first-order valence-electron chi connectivity index (χ1n) is 4.36. The molecule has 0 aliphatic rings. The van der Waals surface area contributed by atoms with Crippen molar-refractivity contribution >= 4 is 11.6 Å². The molecule has 2 nitrogen and oxygen atoms in total. The van der Waals surface area contributed by atoms with Gasteiger partial charge in [0.2, 0.25) is 5.28 Å². The Morgan fingerprint density at radius 2 is 1.86 bits per heavy atom. The molecule has 1 aromatic heterocycles. The average molecular weight is 205 g/mol. The number of hydrogen-bond donors (Lipinski definition) is 0. The van der Waals surface area contributed by atoms with Gasteiger partial charge in [0.05, 0.1) is 0 Å². The highest BCUT2D eigenvalue weighted by Gasteiger charge is 1.97. The van der Waals surface area contributed by atoms with Crippen LogP contribution in [0.4, 0.5) is 0 Å². The van der Waals surface area contributed by atoms with Crippen LogP contribution in [0.15, 0.2) is 42.6 Å². The van der Waals surface area contributed by atoms with Crippen molar-refractivity contribution in [1.29, 1.82) is 0 Å². The topological polar surface area (TPSA) is 25.8 Å². The number of halogens is 1. The van der Waals surface area contributed by atoms with Gasteiger partial charge in [0, 0.05) is 18.3 Å². The van der Waals surface area contributed by atoms with E-state index in [1.54, 1.807) is 6.20 Å². The Morgan fingerprint density at radius 3 is 2.57 bits per heavy atom. The molecule has 0 bridgehead atoms. The molecule has 0 unspecified atom stereocenters. The van der Waals surface area contributed by atoms with Gasteiger partial charge in [-0.2, -0.15) is 0 Å². The lowest BCUT2D eigenvalue weighted by molar-refractivity contribution is 1.03. The van der Waals surface area contributed by atoms with E-state index in [0.717, 1.165) is 12.1 Å².